The van der Waals surface area contributed by atoms with Gasteiger partial charge in [0.05, 0.1) is 22.7 Å². The maximum Gasteiger partial charge on any atom is 0.416 e. The van der Waals surface area contributed by atoms with Gasteiger partial charge in [0, 0.05) is 16.9 Å². The Morgan fingerprint density at radius 2 is 1.62 bits per heavy atom. The van der Waals surface area contributed by atoms with Gasteiger partial charge in [0.15, 0.2) is 0 Å². The zero-order chi connectivity index (χ0) is 27.8. The van der Waals surface area contributed by atoms with Crippen molar-refractivity contribution in [3.8, 4) is 0 Å². The molecule has 5 rings (SSSR count). The van der Waals surface area contributed by atoms with Crippen molar-refractivity contribution < 1.29 is 21.6 Å². The molecule has 0 unspecified atom stereocenters. The van der Waals surface area contributed by atoms with E-state index in [9.17, 15) is 21.6 Å². The van der Waals surface area contributed by atoms with Crippen molar-refractivity contribution in [1.82, 2.24) is 5.01 Å². The van der Waals surface area contributed by atoms with Crippen molar-refractivity contribution in [1.29, 1.82) is 0 Å². The summed E-state index contributed by atoms with van der Waals surface area (Å²) in [5, 5.41) is 6.63. The predicted octanol–water partition coefficient (Wildman–Crippen LogP) is 5.67. The molecule has 1 saturated carbocycles. The molecule has 3 aromatic rings. The van der Waals surface area contributed by atoms with E-state index in [1.165, 1.54) is 5.01 Å². The molecule has 0 amide bonds. The molecular weight excluding hydrogens is 551 g/mol. The molecule has 0 saturated heterocycles. The minimum absolute atomic E-state index is 0.0104. The average molecular weight is 574 g/mol. The fraction of sp³-hybridized carbons (Fsp3) is 0.222. The van der Waals surface area contributed by atoms with Crippen LogP contribution in [0.2, 0.25) is 5.02 Å². The standard InChI is InChI=1S/C27H23ClF3N5O2S/c28-21-12-8-18(9-13-21)24-23(17-4-2-1-3-5-17)16-36(34-24)26(33-25(32)19-6-7-19)35-39(37,38)22-14-10-20(11-15-22)27(29,30)31/h1-5,8-15,19,23H,6-7,16H2,(H2,32,33,35)/t23-/m1/s1. The summed E-state index contributed by atoms with van der Waals surface area (Å²) < 4.78 is 69.3. The Labute approximate surface area is 228 Å². The molecule has 0 spiro atoms. The first-order valence-electron chi connectivity index (χ1n) is 12.0. The number of guanidine groups is 1. The Bertz CT molecular complexity index is 1550. The van der Waals surface area contributed by atoms with Crippen LogP contribution >= 0.6 is 11.6 Å². The van der Waals surface area contributed by atoms with Gasteiger partial charge in [-0.25, -0.2) is 5.01 Å². The zero-order valence-electron chi connectivity index (χ0n) is 20.4. The van der Waals surface area contributed by atoms with Gasteiger partial charge in [0.1, 0.15) is 5.84 Å². The molecule has 0 bridgehead atoms. The van der Waals surface area contributed by atoms with Crippen LogP contribution in [0, 0.1) is 5.92 Å². The molecular formula is C27H23ClF3N5O2S. The van der Waals surface area contributed by atoms with Gasteiger partial charge in [0.2, 0.25) is 0 Å². The molecule has 39 heavy (non-hydrogen) atoms. The highest BCUT2D eigenvalue weighted by molar-refractivity contribution is 7.90. The van der Waals surface area contributed by atoms with Crippen molar-refractivity contribution in [2.45, 2.75) is 29.8 Å². The van der Waals surface area contributed by atoms with E-state index in [1.807, 2.05) is 42.5 Å². The first-order chi connectivity index (χ1) is 18.5. The lowest BCUT2D eigenvalue weighted by Crippen LogP contribution is -2.28. The summed E-state index contributed by atoms with van der Waals surface area (Å²) in [5.74, 6) is -0.285. The van der Waals surface area contributed by atoms with Crippen molar-refractivity contribution in [3.63, 3.8) is 0 Å². The van der Waals surface area contributed by atoms with Crippen LogP contribution in [0.3, 0.4) is 0 Å². The van der Waals surface area contributed by atoms with E-state index in [-0.39, 0.29) is 30.2 Å². The lowest BCUT2D eigenvalue weighted by molar-refractivity contribution is -0.137. The second kappa shape index (κ2) is 10.5. The van der Waals surface area contributed by atoms with Gasteiger partial charge in [-0.05, 0) is 60.4 Å². The molecule has 202 valence electrons. The van der Waals surface area contributed by atoms with E-state index >= 15 is 0 Å². The van der Waals surface area contributed by atoms with Crippen LogP contribution in [-0.2, 0) is 16.2 Å². The van der Waals surface area contributed by atoms with Gasteiger partial charge in [-0.15, -0.1) is 4.40 Å². The summed E-state index contributed by atoms with van der Waals surface area (Å²) >= 11 is 6.08. The third kappa shape index (κ3) is 6.15. The smallest absolute Gasteiger partial charge is 0.387 e. The molecule has 1 fully saturated rings. The highest BCUT2D eigenvalue weighted by atomic mass is 35.5. The molecule has 0 aromatic heterocycles. The Hall–Kier alpha value is -3.70. The van der Waals surface area contributed by atoms with Gasteiger partial charge in [0.25, 0.3) is 16.0 Å². The van der Waals surface area contributed by atoms with Crippen LogP contribution in [0.15, 0.2) is 98.2 Å². The van der Waals surface area contributed by atoms with Gasteiger partial charge in [-0.2, -0.15) is 31.7 Å². The fourth-order valence-corrected chi connectivity index (χ4v) is 5.20. The number of halogens is 4. The number of nitrogens with two attached hydrogens (primary N) is 1. The quantitative estimate of drug-likeness (QED) is 0.314. The third-order valence-corrected chi connectivity index (χ3v) is 7.92. The number of nitrogens with zero attached hydrogens (tertiary/aromatic N) is 4. The van der Waals surface area contributed by atoms with Crippen molar-refractivity contribution in [2.75, 3.05) is 6.54 Å². The van der Waals surface area contributed by atoms with Gasteiger partial charge in [-0.3, -0.25) is 0 Å². The maximum atomic E-state index is 13.2. The Morgan fingerprint density at radius 1 is 0.974 bits per heavy atom. The zero-order valence-corrected chi connectivity index (χ0v) is 22.0. The summed E-state index contributed by atoms with van der Waals surface area (Å²) in [5.41, 5.74) is 7.54. The topological polar surface area (TPSA) is 100 Å². The number of aliphatic imine (C=N–C) groups is 1. The minimum atomic E-state index is -4.60. The van der Waals surface area contributed by atoms with E-state index in [0.717, 1.165) is 36.1 Å². The second-order valence-corrected chi connectivity index (χ2v) is 11.3. The number of hydrazone groups is 1. The first kappa shape index (κ1) is 26.9. The summed E-state index contributed by atoms with van der Waals surface area (Å²) in [6.07, 6.45) is -2.96. The number of rotatable bonds is 5. The molecule has 7 nitrogen and oxygen atoms in total. The van der Waals surface area contributed by atoms with E-state index in [0.29, 0.717) is 22.9 Å². The average Bonchev–Trinajstić information content (AvgIpc) is 3.67. The molecule has 12 heteroatoms. The lowest BCUT2D eigenvalue weighted by Gasteiger charge is -2.16. The number of hydrogen-bond donors (Lipinski definition) is 1. The third-order valence-electron chi connectivity index (χ3n) is 6.39. The number of amidine groups is 1. The van der Waals surface area contributed by atoms with Crippen molar-refractivity contribution in [2.24, 2.45) is 26.1 Å². The van der Waals surface area contributed by atoms with Gasteiger partial charge >= 0.3 is 6.18 Å². The lowest BCUT2D eigenvalue weighted by atomic mass is 9.91. The van der Waals surface area contributed by atoms with Crippen molar-refractivity contribution >= 4 is 39.1 Å². The first-order valence-corrected chi connectivity index (χ1v) is 13.9. The van der Waals surface area contributed by atoms with Crippen LogP contribution in [-0.4, -0.2) is 37.5 Å². The monoisotopic (exact) mass is 573 g/mol. The highest BCUT2D eigenvalue weighted by Gasteiger charge is 2.34. The summed E-state index contributed by atoms with van der Waals surface area (Å²) in [6, 6.07) is 19.8. The Balaban J connectivity index is 1.57. The molecule has 1 aliphatic carbocycles. The Morgan fingerprint density at radius 3 is 2.21 bits per heavy atom. The summed E-state index contributed by atoms with van der Waals surface area (Å²) in [7, 11) is -4.45. The molecule has 1 aliphatic heterocycles. The molecule has 1 heterocycles. The van der Waals surface area contributed by atoms with Crippen LogP contribution in [0.1, 0.15) is 35.4 Å². The van der Waals surface area contributed by atoms with E-state index in [2.05, 4.69) is 9.39 Å². The number of benzene rings is 3. The molecule has 1 atom stereocenters. The minimum Gasteiger partial charge on any atom is -0.387 e. The van der Waals surface area contributed by atoms with Gasteiger partial charge < -0.3 is 5.73 Å². The summed E-state index contributed by atoms with van der Waals surface area (Å²) in [4.78, 5) is 3.93. The van der Waals surface area contributed by atoms with E-state index in [4.69, 9.17) is 22.4 Å². The number of alkyl halides is 3. The fourth-order valence-electron chi connectivity index (χ4n) is 4.14. The van der Waals surface area contributed by atoms with E-state index in [1.54, 1.807) is 12.1 Å². The number of hydrogen-bond acceptors (Lipinski definition) is 3. The second-order valence-electron chi connectivity index (χ2n) is 9.24. The summed E-state index contributed by atoms with van der Waals surface area (Å²) in [6.45, 7) is 0.213. The van der Waals surface area contributed by atoms with Crippen molar-refractivity contribution in [3.05, 3.63) is 101 Å². The maximum absolute atomic E-state index is 13.2. The highest BCUT2D eigenvalue weighted by Crippen LogP contribution is 2.33. The van der Waals surface area contributed by atoms with Crippen LogP contribution in [0.25, 0.3) is 0 Å². The van der Waals surface area contributed by atoms with Gasteiger partial charge in [-0.1, -0.05) is 54.1 Å². The van der Waals surface area contributed by atoms with E-state index < -0.39 is 26.7 Å². The Kier molecular flexibility index (Phi) is 7.21. The number of sulfonamides is 1. The normalized spacial score (nSPS) is 18.8. The largest absolute Gasteiger partial charge is 0.416 e. The molecule has 0 radical (unpaired) electrons. The molecule has 2 N–H and O–H groups in total. The van der Waals surface area contributed by atoms with Crippen LogP contribution in [0.5, 0.6) is 0 Å². The molecule has 3 aromatic carbocycles. The molecule has 2 aliphatic rings. The van der Waals surface area contributed by atoms with Crippen LogP contribution in [0.4, 0.5) is 13.2 Å². The predicted molar refractivity (Wildman–Crippen MR) is 144 cm³/mol. The van der Waals surface area contributed by atoms with Crippen LogP contribution < -0.4 is 5.73 Å². The SMILES string of the molecule is N/C(=N\C(=N/S(=O)(=O)c1ccc(C(F)(F)F)cc1)N1C[C@H](c2ccccc2)C(c2ccc(Cl)cc2)=N1)C1CC1.